The highest BCUT2D eigenvalue weighted by molar-refractivity contribution is 6.01. The van der Waals surface area contributed by atoms with E-state index in [1.807, 2.05) is 12.1 Å². The third kappa shape index (κ3) is 7.28. The maximum Gasteiger partial charge on any atom is 0.252 e. The van der Waals surface area contributed by atoms with Crippen molar-refractivity contribution < 1.29 is 28.5 Å². The van der Waals surface area contributed by atoms with Gasteiger partial charge in [-0.1, -0.05) is 59.7 Å². The molecular formula is C35H34FN5O5. The van der Waals surface area contributed by atoms with Crippen LogP contribution in [0.2, 0.25) is 0 Å². The maximum atomic E-state index is 14.5. The van der Waals surface area contributed by atoms with Crippen molar-refractivity contribution in [3.63, 3.8) is 0 Å². The Kier molecular flexibility index (Phi) is 10.5. The van der Waals surface area contributed by atoms with Crippen LogP contribution < -0.4 is 14.8 Å². The number of nitrogens with one attached hydrogen (secondary N) is 1. The average Bonchev–Trinajstić information content (AvgIpc) is 3.47. The van der Waals surface area contributed by atoms with Crippen molar-refractivity contribution in [2.75, 3.05) is 26.9 Å². The summed E-state index contributed by atoms with van der Waals surface area (Å²) in [4.78, 5) is 22.4. The summed E-state index contributed by atoms with van der Waals surface area (Å²) in [6.07, 6.45) is -0.110. The van der Waals surface area contributed by atoms with E-state index in [0.29, 0.717) is 52.5 Å². The molecule has 1 heterocycles. The molecule has 10 nitrogen and oxygen atoms in total. The number of azide groups is 1. The van der Waals surface area contributed by atoms with Crippen LogP contribution in [-0.2, 0) is 22.4 Å². The van der Waals surface area contributed by atoms with Crippen LogP contribution in [0.1, 0.15) is 34.8 Å². The van der Waals surface area contributed by atoms with E-state index in [0.717, 1.165) is 0 Å². The van der Waals surface area contributed by atoms with Crippen LogP contribution in [0.15, 0.2) is 107 Å². The molecule has 4 aromatic rings. The lowest BCUT2D eigenvalue weighted by atomic mass is 9.81. The molecule has 0 unspecified atom stereocenters. The zero-order valence-corrected chi connectivity index (χ0v) is 25.3. The highest BCUT2D eigenvalue weighted by atomic mass is 19.1. The van der Waals surface area contributed by atoms with Crippen LogP contribution in [0.5, 0.6) is 11.5 Å². The van der Waals surface area contributed by atoms with Gasteiger partial charge in [0.15, 0.2) is 11.6 Å². The first-order valence-corrected chi connectivity index (χ1v) is 14.9. The summed E-state index contributed by atoms with van der Waals surface area (Å²) in [5, 5.41) is 15.9. The second-order valence-corrected chi connectivity index (χ2v) is 10.7. The molecule has 1 aliphatic heterocycles. The van der Waals surface area contributed by atoms with Crippen LogP contribution >= 0.6 is 0 Å². The minimum atomic E-state index is -1.56. The molecule has 0 bridgehead atoms. The average molecular weight is 624 g/mol. The van der Waals surface area contributed by atoms with E-state index in [1.54, 1.807) is 86.0 Å². The van der Waals surface area contributed by atoms with Crippen LogP contribution in [0.3, 0.4) is 0 Å². The minimum absolute atomic E-state index is 0.0292. The quantitative estimate of drug-likeness (QED) is 0.0725. The number of aliphatic imine (C=N–C) groups is 1. The normalized spacial score (nSPS) is 16.9. The second-order valence-electron chi connectivity index (χ2n) is 10.7. The zero-order valence-electron chi connectivity index (χ0n) is 25.3. The molecule has 5 rings (SSSR count). The van der Waals surface area contributed by atoms with Crippen molar-refractivity contribution in [1.82, 2.24) is 5.32 Å². The van der Waals surface area contributed by atoms with E-state index >= 15 is 0 Å². The van der Waals surface area contributed by atoms with E-state index < -0.39 is 17.6 Å². The Labute approximate surface area is 266 Å². The van der Waals surface area contributed by atoms with Gasteiger partial charge in [0.25, 0.3) is 5.91 Å². The molecule has 0 saturated carbocycles. The number of ether oxygens (including phenoxy) is 3. The summed E-state index contributed by atoms with van der Waals surface area (Å²) in [5.74, 6) is 0.631. The van der Waals surface area contributed by atoms with E-state index in [2.05, 4.69) is 15.3 Å². The van der Waals surface area contributed by atoms with Crippen molar-refractivity contribution in [2.24, 2.45) is 10.1 Å². The number of hydrogen-bond acceptors (Lipinski definition) is 7. The van der Waals surface area contributed by atoms with Crippen LogP contribution in [0.4, 0.5) is 10.1 Å². The molecule has 1 aliphatic rings. The molecule has 4 aromatic carbocycles. The van der Waals surface area contributed by atoms with Crippen molar-refractivity contribution in [1.29, 1.82) is 0 Å². The largest absolute Gasteiger partial charge is 0.497 e. The van der Waals surface area contributed by atoms with E-state index in [4.69, 9.17) is 24.3 Å². The van der Waals surface area contributed by atoms with Gasteiger partial charge in [0.1, 0.15) is 17.3 Å². The number of hydrogen-bond donors (Lipinski definition) is 2. The summed E-state index contributed by atoms with van der Waals surface area (Å²) in [6.45, 7) is 0.544. The highest BCUT2D eigenvalue weighted by Gasteiger charge is 2.53. The first-order chi connectivity index (χ1) is 22.5. The minimum Gasteiger partial charge on any atom is -0.497 e. The summed E-state index contributed by atoms with van der Waals surface area (Å²) < 4.78 is 32.1. The van der Waals surface area contributed by atoms with Gasteiger partial charge in [-0.2, -0.15) is 0 Å². The zero-order chi connectivity index (χ0) is 32.4. The molecule has 46 heavy (non-hydrogen) atoms. The first kappa shape index (κ1) is 32.0. The Bertz CT molecular complexity index is 1740. The van der Waals surface area contributed by atoms with Crippen LogP contribution in [-0.4, -0.2) is 49.3 Å². The molecule has 11 heteroatoms. The number of rotatable bonds is 14. The van der Waals surface area contributed by atoms with Crippen molar-refractivity contribution in [3.05, 3.63) is 136 Å². The third-order valence-electron chi connectivity index (χ3n) is 7.67. The highest BCUT2D eigenvalue weighted by Crippen LogP contribution is 2.44. The van der Waals surface area contributed by atoms with Gasteiger partial charge < -0.3 is 24.6 Å². The van der Waals surface area contributed by atoms with Gasteiger partial charge in [0, 0.05) is 42.2 Å². The molecule has 2 atom stereocenters. The first-order valence-electron chi connectivity index (χ1n) is 14.9. The molecule has 0 radical (unpaired) electrons. The Morgan fingerprint density at radius 1 is 1.04 bits per heavy atom. The topological polar surface area (TPSA) is 138 Å². The number of aliphatic hydroxyl groups excluding tert-OH is 1. The van der Waals surface area contributed by atoms with Crippen molar-refractivity contribution in [2.45, 2.75) is 30.9 Å². The molecule has 236 valence electrons. The van der Waals surface area contributed by atoms with Crippen LogP contribution in [0, 0.1) is 5.82 Å². The van der Waals surface area contributed by atoms with Gasteiger partial charge >= 0.3 is 0 Å². The molecular weight excluding hydrogens is 589 g/mol. The lowest BCUT2D eigenvalue weighted by Gasteiger charge is -2.31. The fourth-order valence-electron chi connectivity index (χ4n) is 5.35. The van der Waals surface area contributed by atoms with Gasteiger partial charge in [0.05, 0.1) is 13.7 Å². The lowest BCUT2D eigenvalue weighted by Crippen LogP contribution is -2.50. The third-order valence-corrected chi connectivity index (χ3v) is 7.67. The maximum absolute atomic E-state index is 14.5. The Morgan fingerprint density at radius 2 is 1.80 bits per heavy atom. The standard InChI is InChI=1S/C35H34FN5O5/c1-44-29-11-6-10-26(22-29)32-35(23-27-9-3-5-13-31(27)40-41-37,34(43)38-19-18-24-8-2-4-12-30(24)36)39-33(46-32)25-14-16-28(17-15-25)45-21-7-20-42/h2-6,8-17,22,32,42H,7,18-21,23H2,1H3,(H,38,43)/t32-,35-/m1/s1. The number of amides is 1. The van der Waals surface area contributed by atoms with Gasteiger partial charge in [-0.15, -0.1) is 0 Å². The Balaban J connectivity index is 1.58. The number of halogens is 1. The van der Waals surface area contributed by atoms with Crippen molar-refractivity contribution in [3.8, 4) is 11.5 Å². The number of carbonyl (C=O) groups is 1. The number of aliphatic hydroxyl groups is 1. The number of methoxy groups -OCH3 is 1. The van der Waals surface area contributed by atoms with Gasteiger partial charge in [-0.25, -0.2) is 9.38 Å². The molecule has 1 amide bonds. The van der Waals surface area contributed by atoms with E-state index in [1.165, 1.54) is 6.07 Å². The summed E-state index contributed by atoms with van der Waals surface area (Å²) in [6, 6.07) is 27.8. The molecule has 0 aromatic heterocycles. The number of benzene rings is 4. The SMILES string of the molecule is COc1cccc([C@H]2OC(c3ccc(OCCCO)cc3)=N[C@@]2(Cc2ccccc2N=[N+]=[N-])C(=O)NCCc2ccccc2F)c1. The predicted octanol–water partition coefficient (Wildman–Crippen LogP) is 6.40. The fraction of sp³-hybridized carbons (Fsp3) is 0.257. The van der Waals surface area contributed by atoms with Gasteiger partial charge in [0.2, 0.25) is 5.90 Å². The smallest absolute Gasteiger partial charge is 0.252 e. The molecule has 0 saturated heterocycles. The van der Waals surface area contributed by atoms with E-state index in [-0.39, 0.29) is 37.7 Å². The predicted molar refractivity (Wildman–Crippen MR) is 172 cm³/mol. The summed E-state index contributed by atoms with van der Waals surface area (Å²) in [5.41, 5.74) is 10.4. The van der Waals surface area contributed by atoms with Gasteiger partial charge in [-0.3, -0.25) is 4.79 Å². The molecule has 0 fully saturated rings. The van der Waals surface area contributed by atoms with Crippen molar-refractivity contribution >= 4 is 17.5 Å². The van der Waals surface area contributed by atoms with Gasteiger partial charge in [-0.05, 0) is 71.1 Å². The monoisotopic (exact) mass is 623 g/mol. The number of nitrogens with zero attached hydrogens (tertiary/aromatic N) is 4. The summed E-state index contributed by atoms with van der Waals surface area (Å²) >= 11 is 0. The molecule has 0 spiro atoms. The number of carbonyl (C=O) groups excluding carboxylic acids is 1. The Morgan fingerprint density at radius 3 is 2.54 bits per heavy atom. The van der Waals surface area contributed by atoms with E-state index in [9.17, 15) is 14.7 Å². The van der Waals surface area contributed by atoms with Crippen LogP contribution in [0.25, 0.3) is 10.4 Å². The Hall–Kier alpha value is -5.38. The fourth-order valence-corrected chi connectivity index (χ4v) is 5.35. The summed E-state index contributed by atoms with van der Waals surface area (Å²) in [7, 11) is 1.56. The second kappa shape index (κ2) is 15.1. The molecule has 0 aliphatic carbocycles. The molecule has 2 N–H and O–H groups in total. The lowest BCUT2D eigenvalue weighted by molar-refractivity contribution is -0.128.